The van der Waals surface area contributed by atoms with Gasteiger partial charge in [0.1, 0.15) is 49.8 Å². The van der Waals surface area contributed by atoms with Crippen molar-refractivity contribution in [3.63, 3.8) is 0 Å². The number of carbonyl (C=O) groups is 10. The summed E-state index contributed by atoms with van der Waals surface area (Å²) in [6.45, 7) is -3.41. The molecule has 32 heteroatoms. The van der Waals surface area contributed by atoms with Gasteiger partial charge >= 0.3 is 0 Å². The van der Waals surface area contributed by atoms with Crippen LogP contribution in [0.15, 0.2) is 0 Å². The zero-order valence-electron chi connectivity index (χ0n) is 42.4. The van der Waals surface area contributed by atoms with E-state index in [1.165, 1.54) is 0 Å². The molecule has 76 heavy (non-hydrogen) atoms. The molecule has 0 aromatic rings. The highest BCUT2D eigenvalue weighted by atomic mass is 16.8. The van der Waals surface area contributed by atoms with Crippen LogP contribution >= 0.6 is 0 Å². The maximum atomic E-state index is 13.3. The number of Topliss-reactive ketones (excluding diaryl/α,β-unsaturated/α-hetero) is 10. The maximum Gasteiger partial charge on any atom is 0.273 e. The number of aliphatic hydroxyl groups is 16. The van der Waals surface area contributed by atoms with Gasteiger partial charge in [0.2, 0.25) is 45.2 Å². The van der Waals surface area contributed by atoms with Gasteiger partial charge in [-0.1, -0.05) is 0 Å². The topological polar surface area (TPSA) is 550 Å². The van der Waals surface area contributed by atoms with E-state index in [9.17, 15) is 130 Å². The van der Waals surface area contributed by atoms with Gasteiger partial charge in [0.25, 0.3) is 11.6 Å². The molecule has 0 saturated carbocycles. The van der Waals surface area contributed by atoms with Crippen LogP contribution < -0.4 is 0 Å². The van der Waals surface area contributed by atoms with Crippen molar-refractivity contribution in [1.29, 1.82) is 0 Å². The van der Waals surface area contributed by atoms with Crippen LogP contribution in [0.25, 0.3) is 0 Å². The summed E-state index contributed by atoms with van der Waals surface area (Å²) in [7, 11) is 0. The van der Waals surface area contributed by atoms with Crippen LogP contribution in [-0.2, 0) is 76.4 Å². The number of ketones is 10. The first-order valence-electron chi connectivity index (χ1n) is 22.5. The number of aliphatic hydroxyl groups excluding tert-OH is 10. The fourth-order valence-electron chi connectivity index (χ4n) is 10.6. The van der Waals surface area contributed by atoms with E-state index in [4.69, 9.17) is 28.4 Å². The summed E-state index contributed by atoms with van der Waals surface area (Å²) in [5.41, 5.74) is -31.6. The molecule has 18 atom stereocenters. The molecule has 32 nitrogen and oxygen atoms in total. The molecule has 16 N–H and O–H groups in total. The summed E-state index contributed by atoms with van der Waals surface area (Å²) in [4.78, 5) is 130. The molecule has 4 rings (SSSR count). The van der Waals surface area contributed by atoms with Crippen LogP contribution in [0.3, 0.4) is 0 Å². The third kappa shape index (κ3) is 7.81. The summed E-state index contributed by atoms with van der Waals surface area (Å²) in [6.07, 6.45) is -12.3. The first-order valence-corrected chi connectivity index (χ1v) is 22.5. The van der Waals surface area contributed by atoms with E-state index in [1.807, 2.05) is 0 Å². The van der Waals surface area contributed by atoms with Crippen LogP contribution in [0.2, 0.25) is 0 Å². The fourth-order valence-corrected chi connectivity index (χ4v) is 10.6. The minimum atomic E-state index is -4.19. The van der Waals surface area contributed by atoms with E-state index < -0.39 is 202 Å². The number of rotatable bonds is 20. The first kappa shape index (κ1) is 66.1. The summed E-state index contributed by atoms with van der Waals surface area (Å²) in [6, 6.07) is 0. The van der Waals surface area contributed by atoms with Crippen molar-refractivity contribution in [3.8, 4) is 0 Å². The standard InChI is InChI=1S/2C22H32O16/c2*1-9(26)17(7-24)19(33,10(2)27)20(34,11(3)28)21(35,12(4)29)22(37-17,13(5)30)38-18(8-25)16(32)15(31)14(6-23)36-18/h2*14-16,23-25,31-35H,6-8H2,1-5H3/t2*14-,15-,16+,17+,18?,19-,20+,21-,22+/m11/s1. The lowest BCUT2D eigenvalue weighted by Gasteiger charge is -2.65. The molecule has 0 bridgehead atoms. The second-order valence-corrected chi connectivity index (χ2v) is 18.9. The van der Waals surface area contributed by atoms with Crippen molar-refractivity contribution in [3.05, 3.63) is 0 Å². The number of ether oxygens (including phenoxy) is 6. The van der Waals surface area contributed by atoms with Gasteiger partial charge in [0.15, 0.2) is 69.0 Å². The average Bonchev–Trinajstić information content (AvgIpc) is 3.73. The van der Waals surface area contributed by atoms with Crippen LogP contribution in [0.1, 0.15) is 69.2 Å². The zero-order chi connectivity index (χ0) is 59.7. The highest BCUT2D eigenvalue weighted by molar-refractivity contribution is 6.14. The Morgan fingerprint density at radius 1 is 0.355 bits per heavy atom. The molecule has 0 amide bonds. The van der Waals surface area contributed by atoms with Crippen molar-refractivity contribution in [2.45, 2.75) is 174 Å². The Morgan fingerprint density at radius 3 is 0.737 bits per heavy atom. The number of hydrogen-bond acceptors (Lipinski definition) is 32. The Labute approximate surface area is 428 Å². The summed E-state index contributed by atoms with van der Waals surface area (Å²) in [5.74, 6) is -30.9. The lowest BCUT2D eigenvalue weighted by atomic mass is 9.53. The van der Waals surface area contributed by atoms with Crippen LogP contribution in [0.5, 0.6) is 0 Å². The monoisotopic (exact) mass is 1100 g/mol. The quantitative estimate of drug-likeness (QED) is 0.0538. The average molecular weight is 1100 g/mol. The molecule has 0 radical (unpaired) electrons. The van der Waals surface area contributed by atoms with Gasteiger partial charge < -0.3 is 110 Å². The highest BCUT2D eigenvalue weighted by Gasteiger charge is 2.92. The largest absolute Gasteiger partial charge is 0.394 e. The molecule has 4 aliphatic heterocycles. The van der Waals surface area contributed by atoms with Crippen molar-refractivity contribution in [1.82, 2.24) is 0 Å². The van der Waals surface area contributed by atoms with Gasteiger partial charge in [-0.05, 0) is 55.4 Å². The molecule has 0 aromatic heterocycles. The predicted molar refractivity (Wildman–Crippen MR) is 234 cm³/mol. The lowest BCUT2D eigenvalue weighted by Crippen LogP contribution is -2.95. The van der Waals surface area contributed by atoms with E-state index in [0.29, 0.717) is 69.2 Å². The Hall–Kier alpha value is -4.18. The van der Waals surface area contributed by atoms with Crippen molar-refractivity contribution in [2.24, 2.45) is 0 Å². The maximum absolute atomic E-state index is 13.3. The van der Waals surface area contributed by atoms with Crippen LogP contribution in [0.4, 0.5) is 0 Å². The smallest absolute Gasteiger partial charge is 0.273 e. The molecular formula is C44H64O32. The fraction of sp³-hybridized carbons (Fsp3) is 0.773. The van der Waals surface area contributed by atoms with Gasteiger partial charge in [0.05, 0.1) is 26.4 Å². The minimum absolute atomic E-state index is 0.467. The van der Waals surface area contributed by atoms with Crippen molar-refractivity contribution < 1.29 is 158 Å². The zero-order valence-corrected chi connectivity index (χ0v) is 42.4. The van der Waals surface area contributed by atoms with Crippen LogP contribution in [0, 0.1) is 0 Å². The van der Waals surface area contributed by atoms with Gasteiger partial charge in [0, 0.05) is 13.8 Å². The Balaban J connectivity index is 0.000000400. The lowest BCUT2D eigenvalue weighted by molar-refractivity contribution is -0.459. The molecule has 0 aromatic carbocycles. The van der Waals surface area contributed by atoms with Crippen molar-refractivity contribution >= 4 is 57.8 Å². The molecule has 4 fully saturated rings. The van der Waals surface area contributed by atoms with Gasteiger partial charge in [-0.15, -0.1) is 0 Å². The Bertz CT molecular complexity index is 2250. The summed E-state index contributed by atoms with van der Waals surface area (Å²) >= 11 is 0. The molecule has 4 saturated heterocycles. The third-order valence-corrected chi connectivity index (χ3v) is 14.9. The van der Waals surface area contributed by atoms with Crippen LogP contribution in [-0.4, -0.2) is 284 Å². The Morgan fingerprint density at radius 2 is 0.592 bits per heavy atom. The molecule has 0 spiro atoms. The van der Waals surface area contributed by atoms with E-state index >= 15 is 0 Å². The third-order valence-electron chi connectivity index (χ3n) is 14.9. The Kier molecular flexibility index (Phi) is 18.4. The second-order valence-electron chi connectivity index (χ2n) is 18.9. The summed E-state index contributed by atoms with van der Waals surface area (Å²) < 4.78 is 32.0. The van der Waals surface area contributed by atoms with E-state index in [1.54, 1.807) is 0 Å². The number of hydrogen-bond donors (Lipinski definition) is 16. The highest BCUT2D eigenvalue weighted by Crippen LogP contribution is 2.60. The van der Waals surface area contributed by atoms with E-state index in [2.05, 4.69) is 0 Å². The molecule has 2 unspecified atom stereocenters. The van der Waals surface area contributed by atoms with E-state index in [-0.39, 0.29) is 0 Å². The molecule has 0 aliphatic carbocycles. The predicted octanol–water partition coefficient (Wildman–Crippen LogP) is -11.2. The van der Waals surface area contributed by atoms with Crippen molar-refractivity contribution in [2.75, 3.05) is 39.6 Å². The molecule has 4 heterocycles. The SMILES string of the molecule is CC(=O)[C@@]1(OC2(CO)O[C@H](CO)[C@@H](O)[C@@H]2O)O[C@@](CO)(C(C)=O)[C@](O)(C(C)=O)[C@@](O)(C(C)=O)[C@]1(O)C(C)=O.CC(=O)[C@@]1(OC2(CO)O[C@H](CO)[C@@H](O)[C@@H]2O)O[C@@](CO)(C(C)=O)[C@](O)(C(C)=O)[C@@](O)(C(C)=O)[C@]1(O)C(C)=O. The van der Waals surface area contributed by atoms with E-state index in [0.717, 1.165) is 0 Å². The molecular weight excluding hydrogens is 1040 g/mol. The molecule has 4 aliphatic rings. The van der Waals surface area contributed by atoms with Gasteiger partial charge in [-0.3, -0.25) is 47.9 Å². The van der Waals surface area contributed by atoms with Gasteiger partial charge in [-0.25, -0.2) is 0 Å². The first-order chi connectivity index (χ1) is 34.5. The molecule has 432 valence electrons. The minimum Gasteiger partial charge on any atom is -0.394 e. The van der Waals surface area contributed by atoms with Gasteiger partial charge in [-0.2, -0.15) is 0 Å². The second kappa shape index (κ2) is 21.1. The summed E-state index contributed by atoms with van der Waals surface area (Å²) in [5, 5.41) is 172. The number of carbonyl (C=O) groups excluding carboxylic acids is 10. The normalized spacial score (nSPS) is 45.0.